The van der Waals surface area contributed by atoms with E-state index in [4.69, 9.17) is 14.7 Å². The van der Waals surface area contributed by atoms with Gasteiger partial charge >= 0.3 is 6.09 Å². The van der Waals surface area contributed by atoms with Crippen molar-refractivity contribution in [1.29, 1.82) is 0 Å². The van der Waals surface area contributed by atoms with Crippen LogP contribution in [0.15, 0.2) is 53.7 Å². The van der Waals surface area contributed by atoms with Crippen molar-refractivity contribution in [3.8, 4) is 0 Å². The summed E-state index contributed by atoms with van der Waals surface area (Å²) >= 11 is 0. The zero-order chi connectivity index (χ0) is 23.9. The molecule has 2 aromatic rings. The Morgan fingerprint density at radius 1 is 1.18 bits per heavy atom. The van der Waals surface area contributed by atoms with Gasteiger partial charge in [0.05, 0.1) is 43.9 Å². The normalized spacial score (nSPS) is 18.6. The number of benzene rings is 2. The maximum Gasteiger partial charge on any atom is 0.414 e. The van der Waals surface area contributed by atoms with Gasteiger partial charge < -0.3 is 24.9 Å². The fraction of sp³-hybridized carbons (Fsp3) is 0.292. The second-order valence-electron chi connectivity index (χ2n) is 7.84. The van der Waals surface area contributed by atoms with Crippen molar-refractivity contribution in [3.63, 3.8) is 0 Å². The molecule has 2 aromatic carbocycles. The smallest absolute Gasteiger partial charge is 0.414 e. The molecular weight excluding hydrogens is 443 g/mol. The van der Waals surface area contributed by atoms with Crippen LogP contribution < -0.4 is 15.1 Å². The number of hydrogen-bond acceptors (Lipinski definition) is 7. The van der Waals surface area contributed by atoms with Crippen LogP contribution in [0.2, 0.25) is 0 Å². The van der Waals surface area contributed by atoms with Gasteiger partial charge in [-0.2, -0.15) is 0 Å². The highest BCUT2D eigenvalue weighted by Crippen LogP contribution is 2.28. The number of cyclic esters (lactones) is 1. The second-order valence-corrected chi connectivity index (χ2v) is 7.84. The van der Waals surface area contributed by atoms with Crippen LogP contribution in [0.5, 0.6) is 0 Å². The van der Waals surface area contributed by atoms with Crippen molar-refractivity contribution in [3.05, 3.63) is 65.5 Å². The van der Waals surface area contributed by atoms with Crippen molar-refractivity contribution in [2.75, 3.05) is 49.2 Å². The predicted molar refractivity (Wildman–Crippen MR) is 125 cm³/mol. The van der Waals surface area contributed by atoms with Crippen LogP contribution in [0.1, 0.15) is 11.1 Å². The topological polar surface area (TPSA) is 104 Å². The molecule has 2 N–H and O–H groups in total. The third-order valence-corrected chi connectivity index (χ3v) is 5.54. The minimum absolute atomic E-state index is 0.131. The number of nitrogens with zero attached hydrogens (tertiary/aromatic N) is 3. The van der Waals surface area contributed by atoms with E-state index in [2.05, 4.69) is 10.5 Å². The van der Waals surface area contributed by atoms with Crippen LogP contribution in [0.4, 0.5) is 20.6 Å². The van der Waals surface area contributed by atoms with E-state index in [0.29, 0.717) is 37.7 Å². The lowest BCUT2D eigenvalue weighted by Gasteiger charge is -2.29. The van der Waals surface area contributed by atoms with Crippen molar-refractivity contribution >= 4 is 35.7 Å². The van der Waals surface area contributed by atoms with Gasteiger partial charge in [-0.3, -0.25) is 9.69 Å². The molecule has 10 heteroatoms. The van der Waals surface area contributed by atoms with E-state index in [1.54, 1.807) is 42.5 Å². The van der Waals surface area contributed by atoms with E-state index < -0.39 is 18.0 Å². The number of carbonyl (C=O) groups excluding carboxylic acids is 2. The molecule has 1 atom stereocenters. The Labute approximate surface area is 196 Å². The Bertz CT molecular complexity index is 1080. The zero-order valence-electron chi connectivity index (χ0n) is 18.4. The quantitative estimate of drug-likeness (QED) is 0.280. The first-order valence-electron chi connectivity index (χ1n) is 10.9. The largest absolute Gasteiger partial charge is 0.442 e. The van der Waals surface area contributed by atoms with E-state index in [0.717, 1.165) is 11.1 Å². The summed E-state index contributed by atoms with van der Waals surface area (Å²) < 4.78 is 25.3. The van der Waals surface area contributed by atoms with Gasteiger partial charge in [0, 0.05) is 19.2 Å². The lowest BCUT2D eigenvalue weighted by molar-refractivity contribution is -0.116. The van der Waals surface area contributed by atoms with Crippen LogP contribution in [0.3, 0.4) is 0 Å². The van der Waals surface area contributed by atoms with Crippen LogP contribution in [-0.2, 0) is 14.3 Å². The Kier molecular flexibility index (Phi) is 7.38. The highest BCUT2D eigenvalue weighted by atomic mass is 19.1. The van der Waals surface area contributed by atoms with Crippen molar-refractivity contribution in [2.24, 2.45) is 5.16 Å². The van der Waals surface area contributed by atoms with Crippen LogP contribution in [-0.4, -0.2) is 68.9 Å². The van der Waals surface area contributed by atoms with Crippen molar-refractivity contribution in [1.82, 2.24) is 5.32 Å². The summed E-state index contributed by atoms with van der Waals surface area (Å²) in [6.45, 7) is 2.66. The number of nitrogens with one attached hydrogen (secondary N) is 1. The molecule has 0 unspecified atom stereocenters. The molecular formula is C24H25FN4O5. The third kappa shape index (κ3) is 5.70. The molecule has 4 rings (SSSR count). The van der Waals surface area contributed by atoms with Gasteiger partial charge in [-0.05, 0) is 35.4 Å². The Morgan fingerprint density at radius 3 is 2.62 bits per heavy atom. The second kappa shape index (κ2) is 10.8. The molecule has 2 aliphatic rings. The highest BCUT2D eigenvalue weighted by Gasteiger charge is 2.33. The van der Waals surface area contributed by atoms with Crippen molar-refractivity contribution in [2.45, 2.75) is 6.10 Å². The fourth-order valence-electron chi connectivity index (χ4n) is 3.77. The molecule has 2 saturated heterocycles. The number of rotatable bonds is 7. The number of ether oxygens (including phenoxy) is 2. The minimum atomic E-state index is -0.583. The van der Waals surface area contributed by atoms with Gasteiger partial charge in [-0.25, -0.2) is 9.18 Å². The molecule has 178 valence electrons. The Morgan fingerprint density at radius 2 is 1.91 bits per heavy atom. The van der Waals surface area contributed by atoms with Crippen LogP contribution >= 0.6 is 0 Å². The third-order valence-electron chi connectivity index (χ3n) is 5.54. The van der Waals surface area contributed by atoms with Gasteiger partial charge in [0.2, 0.25) is 5.91 Å². The lowest BCUT2D eigenvalue weighted by Crippen LogP contribution is -2.36. The summed E-state index contributed by atoms with van der Waals surface area (Å²) in [5.41, 5.74) is 2.41. The van der Waals surface area contributed by atoms with E-state index in [1.807, 2.05) is 4.90 Å². The minimum Gasteiger partial charge on any atom is -0.442 e. The number of anilines is 2. The van der Waals surface area contributed by atoms with E-state index in [9.17, 15) is 14.0 Å². The predicted octanol–water partition coefficient (Wildman–Crippen LogP) is 2.63. The molecule has 0 aliphatic carbocycles. The molecule has 0 saturated carbocycles. The standard InChI is InChI=1S/C24H25FN4O5/c25-21-13-19(6-7-22(21)28-9-11-33-12-10-28)29-16-20(34-24(29)31)15-26-23(30)8-5-17-1-3-18(4-2-17)14-27-32/h1-8,13-14,20,32H,9-12,15-16H2,(H,26,30)/b8-5+,27-14+/t20-/m0/s1. The molecule has 0 spiro atoms. The number of carbonyl (C=O) groups is 2. The zero-order valence-corrected chi connectivity index (χ0v) is 18.4. The summed E-state index contributed by atoms with van der Waals surface area (Å²) in [6.07, 6.45) is 3.19. The van der Waals surface area contributed by atoms with Gasteiger partial charge in [-0.1, -0.05) is 29.4 Å². The monoisotopic (exact) mass is 468 g/mol. The van der Waals surface area contributed by atoms with Crippen LogP contribution in [0, 0.1) is 5.82 Å². The maximum atomic E-state index is 14.7. The van der Waals surface area contributed by atoms with E-state index >= 15 is 0 Å². The molecule has 0 bridgehead atoms. The molecule has 0 aromatic heterocycles. The maximum absolute atomic E-state index is 14.7. The highest BCUT2D eigenvalue weighted by molar-refractivity contribution is 5.92. The van der Waals surface area contributed by atoms with Gasteiger partial charge in [-0.15, -0.1) is 0 Å². The number of oxime groups is 1. The average molecular weight is 468 g/mol. The fourth-order valence-corrected chi connectivity index (χ4v) is 3.77. The number of halogens is 1. The van der Waals surface area contributed by atoms with E-state index in [-0.39, 0.29) is 19.0 Å². The first-order chi connectivity index (χ1) is 16.5. The number of morpholine rings is 1. The summed E-state index contributed by atoms with van der Waals surface area (Å²) in [5, 5.41) is 14.2. The molecule has 2 fully saturated rings. The average Bonchev–Trinajstić information content (AvgIpc) is 3.23. The Hall–Kier alpha value is -3.92. The summed E-state index contributed by atoms with van der Waals surface area (Å²) in [6, 6.07) is 11.7. The Balaban J connectivity index is 1.29. The number of hydrogen-bond donors (Lipinski definition) is 2. The number of amides is 2. The first-order valence-corrected chi connectivity index (χ1v) is 10.9. The van der Waals surface area contributed by atoms with Gasteiger partial charge in [0.25, 0.3) is 0 Å². The molecule has 2 heterocycles. The molecule has 9 nitrogen and oxygen atoms in total. The molecule has 2 amide bonds. The summed E-state index contributed by atoms with van der Waals surface area (Å²) in [7, 11) is 0. The van der Waals surface area contributed by atoms with Crippen molar-refractivity contribution < 1.29 is 28.7 Å². The summed E-state index contributed by atoms with van der Waals surface area (Å²) in [5.74, 6) is -0.748. The lowest BCUT2D eigenvalue weighted by atomic mass is 10.1. The summed E-state index contributed by atoms with van der Waals surface area (Å²) in [4.78, 5) is 27.7. The van der Waals surface area contributed by atoms with Crippen LogP contribution in [0.25, 0.3) is 6.08 Å². The molecule has 34 heavy (non-hydrogen) atoms. The molecule has 2 aliphatic heterocycles. The van der Waals surface area contributed by atoms with Gasteiger partial charge in [0.15, 0.2) is 0 Å². The van der Waals surface area contributed by atoms with Gasteiger partial charge in [0.1, 0.15) is 11.9 Å². The molecule has 0 radical (unpaired) electrons. The first kappa shape index (κ1) is 23.2. The SMILES string of the molecule is O=C(/C=C/c1ccc(/C=N/O)cc1)NC[C@H]1CN(c2ccc(N3CCOCC3)c(F)c2)C(=O)O1. The van der Waals surface area contributed by atoms with E-state index in [1.165, 1.54) is 23.3 Å².